The van der Waals surface area contributed by atoms with Gasteiger partial charge < -0.3 is 29.9 Å². The third-order valence-corrected chi connectivity index (χ3v) is 2.81. The Kier molecular flexibility index (Phi) is 4.30. The number of aromatic nitrogens is 2. The van der Waals surface area contributed by atoms with E-state index in [1.54, 1.807) is 0 Å². The van der Waals surface area contributed by atoms with Crippen molar-refractivity contribution in [2.45, 2.75) is 30.7 Å². The summed E-state index contributed by atoms with van der Waals surface area (Å²) in [5.41, 5.74) is -0.883. The summed E-state index contributed by atoms with van der Waals surface area (Å²) in [7, 11) is 0. The molecule has 0 spiro atoms. The number of ether oxygens (including phenoxy) is 2. The third kappa shape index (κ3) is 2.78. The third-order valence-electron chi connectivity index (χ3n) is 2.81. The molecule has 20 heavy (non-hydrogen) atoms. The Morgan fingerprint density at radius 2 is 2.05 bits per heavy atom. The minimum Gasteiger partial charge on any atom is -0.444 e. The van der Waals surface area contributed by atoms with Crippen molar-refractivity contribution < 1.29 is 34.3 Å². The molecule has 1 aromatic rings. The molecule has 9 nitrogen and oxygen atoms in total. The van der Waals surface area contributed by atoms with Crippen molar-refractivity contribution in [1.82, 2.24) is 9.97 Å². The lowest BCUT2D eigenvalue weighted by molar-refractivity contribution is -0.278. The molecule has 0 saturated carbocycles. The molecule has 0 unspecified atom stereocenters. The highest BCUT2D eigenvalue weighted by Gasteiger charge is 2.45. The Morgan fingerprint density at radius 1 is 1.35 bits per heavy atom. The normalized spacial score (nSPS) is 34.0. The van der Waals surface area contributed by atoms with Gasteiger partial charge in [-0.3, -0.25) is 4.98 Å². The van der Waals surface area contributed by atoms with Crippen molar-refractivity contribution >= 4 is 0 Å². The number of rotatable bonds is 3. The summed E-state index contributed by atoms with van der Waals surface area (Å²) < 4.78 is 23.2. The van der Waals surface area contributed by atoms with Gasteiger partial charge in [0.05, 0.1) is 12.8 Å². The van der Waals surface area contributed by atoms with Crippen LogP contribution in [-0.4, -0.2) is 67.7 Å². The first-order valence-electron chi connectivity index (χ1n) is 5.66. The predicted molar refractivity (Wildman–Crippen MR) is 59.2 cm³/mol. The molecule has 0 aromatic carbocycles. The molecule has 2 rings (SSSR count). The van der Waals surface area contributed by atoms with E-state index in [1.165, 1.54) is 0 Å². The molecule has 1 saturated heterocycles. The molecule has 1 aromatic heterocycles. The van der Waals surface area contributed by atoms with E-state index in [-0.39, 0.29) is 0 Å². The monoisotopic (exact) mass is 292 g/mol. The Morgan fingerprint density at radius 3 is 2.70 bits per heavy atom. The second kappa shape index (κ2) is 5.81. The molecular weight excluding hydrogens is 279 g/mol. The minimum absolute atomic E-state index is 0.609. The van der Waals surface area contributed by atoms with Crippen LogP contribution >= 0.6 is 0 Å². The second-order valence-corrected chi connectivity index (χ2v) is 4.18. The highest BCUT2D eigenvalue weighted by molar-refractivity contribution is 5.09. The number of hydrogen-bond acceptors (Lipinski definition) is 8. The fraction of sp³-hybridized carbons (Fsp3) is 0.600. The van der Waals surface area contributed by atoms with Gasteiger partial charge in [0.25, 0.3) is 0 Å². The van der Waals surface area contributed by atoms with Crippen LogP contribution < -0.4 is 10.4 Å². The van der Waals surface area contributed by atoms with Crippen LogP contribution in [-0.2, 0) is 4.74 Å². The average Bonchev–Trinajstić information content (AvgIpc) is 2.43. The molecule has 0 amide bonds. The van der Waals surface area contributed by atoms with Crippen LogP contribution in [0.2, 0.25) is 0 Å². The summed E-state index contributed by atoms with van der Waals surface area (Å²) >= 11 is 0. The van der Waals surface area contributed by atoms with E-state index in [4.69, 9.17) is 14.6 Å². The fourth-order valence-electron chi connectivity index (χ4n) is 1.73. The first-order valence-corrected chi connectivity index (χ1v) is 5.66. The Hall–Kier alpha value is -1.59. The number of nitrogens with one attached hydrogen (secondary N) is 1. The van der Waals surface area contributed by atoms with E-state index in [0.717, 1.165) is 0 Å². The van der Waals surface area contributed by atoms with Gasteiger partial charge in [-0.05, 0) is 0 Å². The molecule has 1 aliphatic heterocycles. The number of aromatic amines is 1. The van der Waals surface area contributed by atoms with E-state index in [2.05, 4.69) is 4.98 Å². The Balaban J connectivity index is 2.19. The molecule has 5 atom stereocenters. The van der Waals surface area contributed by atoms with E-state index in [0.29, 0.717) is 6.20 Å². The van der Waals surface area contributed by atoms with Crippen molar-refractivity contribution in [3.8, 4) is 5.88 Å². The van der Waals surface area contributed by atoms with Crippen LogP contribution in [0, 0.1) is 5.82 Å². The van der Waals surface area contributed by atoms with Gasteiger partial charge in [-0.2, -0.15) is 9.37 Å². The number of halogens is 1. The Bertz CT molecular complexity index is 523. The molecule has 0 aliphatic carbocycles. The number of hydrogen-bond donors (Lipinski definition) is 5. The summed E-state index contributed by atoms with van der Waals surface area (Å²) in [6.07, 6.45) is -7.10. The van der Waals surface area contributed by atoms with Crippen molar-refractivity contribution in [3.05, 3.63) is 22.5 Å². The average molecular weight is 292 g/mol. The lowest BCUT2D eigenvalue weighted by atomic mass is 9.99. The van der Waals surface area contributed by atoms with Gasteiger partial charge in [0.2, 0.25) is 18.0 Å². The van der Waals surface area contributed by atoms with E-state index < -0.39 is 54.7 Å². The summed E-state index contributed by atoms with van der Waals surface area (Å²) in [6, 6.07) is 0. The van der Waals surface area contributed by atoms with Crippen LogP contribution in [0.25, 0.3) is 0 Å². The highest BCUT2D eigenvalue weighted by atomic mass is 19.1. The Labute approximate surface area is 111 Å². The van der Waals surface area contributed by atoms with E-state index >= 15 is 0 Å². The topological polar surface area (TPSA) is 145 Å². The van der Waals surface area contributed by atoms with Gasteiger partial charge in [0.15, 0.2) is 0 Å². The molecular formula is C10H13FN2O7. The molecule has 112 valence electrons. The number of nitrogens with zero attached hydrogens (tertiary/aromatic N) is 1. The number of aliphatic hydroxyl groups is 4. The van der Waals surface area contributed by atoms with Crippen molar-refractivity contribution in [1.29, 1.82) is 0 Å². The largest absolute Gasteiger partial charge is 0.444 e. The number of H-pyrrole nitrogens is 1. The van der Waals surface area contributed by atoms with Gasteiger partial charge in [0, 0.05) is 0 Å². The van der Waals surface area contributed by atoms with Crippen LogP contribution in [0.4, 0.5) is 4.39 Å². The molecule has 0 bridgehead atoms. The highest BCUT2D eigenvalue weighted by Crippen LogP contribution is 2.23. The zero-order valence-electron chi connectivity index (χ0n) is 10.0. The van der Waals surface area contributed by atoms with Gasteiger partial charge in [-0.25, -0.2) is 4.79 Å². The van der Waals surface area contributed by atoms with Crippen LogP contribution in [0.3, 0.4) is 0 Å². The smallest absolute Gasteiger partial charge is 0.347 e. The van der Waals surface area contributed by atoms with Gasteiger partial charge in [-0.1, -0.05) is 0 Å². The zero-order valence-corrected chi connectivity index (χ0v) is 10.0. The molecule has 10 heteroatoms. The maximum atomic E-state index is 13.3. The molecule has 0 radical (unpaired) electrons. The first-order chi connectivity index (χ1) is 9.43. The molecule has 1 aliphatic rings. The maximum Gasteiger partial charge on any atom is 0.347 e. The van der Waals surface area contributed by atoms with Crippen molar-refractivity contribution in [2.75, 3.05) is 6.61 Å². The standard InChI is InChI=1S/C10H13FN2O7/c11-3-1-12-10(18)13-8(3)20-9-7(17)6(16)5(15)4(2-14)19-9/h1,4-7,9,14-17H,2H2,(H,12,13,18)/t4-,5-,6+,7-,9+/m1/s1. The predicted octanol–water partition coefficient (Wildman–Crippen LogP) is -2.91. The van der Waals surface area contributed by atoms with Crippen molar-refractivity contribution in [2.24, 2.45) is 0 Å². The summed E-state index contributed by atoms with van der Waals surface area (Å²) in [6.45, 7) is -0.653. The van der Waals surface area contributed by atoms with Gasteiger partial charge in [0.1, 0.15) is 24.4 Å². The second-order valence-electron chi connectivity index (χ2n) is 4.18. The first kappa shape index (κ1) is 14.8. The summed E-state index contributed by atoms with van der Waals surface area (Å²) in [4.78, 5) is 16.0. The van der Waals surface area contributed by atoms with Crippen LogP contribution in [0.15, 0.2) is 11.0 Å². The van der Waals surface area contributed by atoms with E-state index in [1.807, 2.05) is 4.98 Å². The fourth-order valence-corrected chi connectivity index (χ4v) is 1.73. The lowest BCUT2D eigenvalue weighted by Gasteiger charge is -2.39. The van der Waals surface area contributed by atoms with E-state index in [9.17, 15) is 24.5 Å². The van der Waals surface area contributed by atoms with Gasteiger partial charge >= 0.3 is 5.69 Å². The van der Waals surface area contributed by atoms with Crippen LogP contribution in [0.5, 0.6) is 5.88 Å². The zero-order chi connectivity index (χ0) is 14.9. The molecule has 2 heterocycles. The maximum absolute atomic E-state index is 13.3. The number of aliphatic hydroxyl groups excluding tert-OH is 4. The minimum atomic E-state index is -1.70. The van der Waals surface area contributed by atoms with Crippen molar-refractivity contribution in [3.63, 3.8) is 0 Å². The van der Waals surface area contributed by atoms with Gasteiger partial charge in [-0.15, -0.1) is 0 Å². The molecule has 5 N–H and O–H groups in total. The quantitative estimate of drug-likeness (QED) is 0.398. The summed E-state index contributed by atoms with van der Waals surface area (Å²) in [5.74, 6) is -1.66. The molecule has 1 fully saturated rings. The SMILES string of the molecule is O=c1ncc(F)c(O[C@@H]2O[C@H](CO)[C@@H](O)[C@H](O)[C@H]2O)[nH]1. The van der Waals surface area contributed by atoms with Crippen LogP contribution in [0.1, 0.15) is 0 Å². The lowest BCUT2D eigenvalue weighted by Crippen LogP contribution is -2.60. The summed E-state index contributed by atoms with van der Waals surface area (Å²) in [5, 5.41) is 37.7.